The lowest BCUT2D eigenvalue weighted by Crippen LogP contribution is -2.31. The molecule has 1 aliphatic heterocycles. The van der Waals surface area contributed by atoms with E-state index >= 15 is 0 Å². The first kappa shape index (κ1) is 14.0. The molecule has 106 valence electrons. The lowest BCUT2D eigenvalue weighted by molar-refractivity contribution is -0.130. The average Bonchev–Trinajstić information content (AvgIpc) is 3.01. The summed E-state index contributed by atoms with van der Waals surface area (Å²) in [6.45, 7) is 1.50. The summed E-state index contributed by atoms with van der Waals surface area (Å²) in [6.07, 6.45) is 2.15. The molecule has 6 heteroatoms. The van der Waals surface area contributed by atoms with Gasteiger partial charge in [0.2, 0.25) is 5.91 Å². The van der Waals surface area contributed by atoms with Gasteiger partial charge < -0.3 is 10.6 Å². The maximum absolute atomic E-state index is 12.1. The van der Waals surface area contributed by atoms with Gasteiger partial charge in [-0.1, -0.05) is 15.9 Å². The van der Waals surface area contributed by atoms with Crippen LogP contribution in [0.3, 0.4) is 0 Å². The number of aromatic nitrogens is 1. The highest BCUT2D eigenvalue weighted by molar-refractivity contribution is 9.10. The fraction of sp³-hybridized carbons (Fsp3) is 0.429. The van der Waals surface area contributed by atoms with Crippen LogP contribution in [0, 0.1) is 0 Å². The lowest BCUT2D eigenvalue weighted by Gasteiger charge is -2.14. The largest absolute Gasteiger partial charge is 0.341 e. The SMILES string of the molecule is N[C@@H]1CCN(C(=O)CCc2nc3cc(Br)ccc3s2)C1. The molecular weight excluding hydrogens is 338 g/mol. The van der Waals surface area contributed by atoms with Crippen molar-refractivity contribution >= 4 is 43.4 Å². The number of rotatable bonds is 3. The number of halogens is 1. The number of amides is 1. The molecule has 0 saturated carbocycles. The van der Waals surface area contributed by atoms with Crippen LogP contribution in [0.2, 0.25) is 0 Å². The summed E-state index contributed by atoms with van der Waals surface area (Å²) in [4.78, 5) is 18.5. The van der Waals surface area contributed by atoms with E-state index in [1.54, 1.807) is 11.3 Å². The van der Waals surface area contributed by atoms with Gasteiger partial charge in [0.15, 0.2) is 0 Å². The van der Waals surface area contributed by atoms with Crippen LogP contribution < -0.4 is 5.73 Å². The van der Waals surface area contributed by atoms with E-state index in [2.05, 4.69) is 27.0 Å². The van der Waals surface area contributed by atoms with E-state index in [4.69, 9.17) is 5.73 Å². The quantitative estimate of drug-likeness (QED) is 0.922. The molecule has 2 aromatic rings. The van der Waals surface area contributed by atoms with Crippen molar-refractivity contribution < 1.29 is 4.79 Å². The molecule has 1 aromatic carbocycles. The Morgan fingerprint density at radius 1 is 1.55 bits per heavy atom. The molecule has 2 N–H and O–H groups in total. The summed E-state index contributed by atoms with van der Waals surface area (Å²) < 4.78 is 2.20. The van der Waals surface area contributed by atoms with Gasteiger partial charge in [0.25, 0.3) is 0 Å². The molecule has 4 nitrogen and oxygen atoms in total. The summed E-state index contributed by atoms with van der Waals surface area (Å²) in [5.74, 6) is 0.193. The van der Waals surface area contributed by atoms with Crippen molar-refractivity contribution in [1.82, 2.24) is 9.88 Å². The highest BCUT2D eigenvalue weighted by atomic mass is 79.9. The van der Waals surface area contributed by atoms with Gasteiger partial charge in [0, 0.05) is 36.4 Å². The van der Waals surface area contributed by atoms with E-state index in [1.807, 2.05) is 17.0 Å². The summed E-state index contributed by atoms with van der Waals surface area (Å²) in [7, 11) is 0. The van der Waals surface area contributed by atoms with Gasteiger partial charge >= 0.3 is 0 Å². The monoisotopic (exact) mass is 353 g/mol. The summed E-state index contributed by atoms with van der Waals surface area (Å²) in [5, 5.41) is 1.02. The zero-order valence-electron chi connectivity index (χ0n) is 11.0. The predicted octanol–water partition coefficient (Wildman–Crippen LogP) is 2.55. The van der Waals surface area contributed by atoms with Crippen molar-refractivity contribution in [2.45, 2.75) is 25.3 Å². The second-order valence-corrected chi connectivity index (χ2v) is 7.14. The van der Waals surface area contributed by atoms with Gasteiger partial charge in [-0.25, -0.2) is 4.98 Å². The second-order valence-electron chi connectivity index (χ2n) is 5.11. The topological polar surface area (TPSA) is 59.2 Å². The lowest BCUT2D eigenvalue weighted by atomic mass is 10.3. The molecule has 1 aromatic heterocycles. The molecule has 0 radical (unpaired) electrons. The molecular formula is C14H16BrN3OS. The van der Waals surface area contributed by atoms with Gasteiger partial charge in [-0.05, 0) is 24.6 Å². The van der Waals surface area contributed by atoms with Crippen LogP contribution in [-0.2, 0) is 11.2 Å². The van der Waals surface area contributed by atoms with Gasteiger partial charge in [-0.15, -0.1) is 11.3 Å². The van der Waals surface area contributed by atoms with Crippen LogP contribution in [-0.4, -0.2) is 34.9 Å². The van der Waals surface area contributed by atoms with Crippen molar-refractivity contribution in [1.29, 1.82) is 0 Å². The van der Waals surface area contributed by atoms with Gasteiger partial charge in [0.1, 0.15) is 0 Å². The molecule has 20 heavy (non-hydrogen) atoms. The van der Waals surface area contributed by atoms with Crippen LogP contribution in [0.4, 0.5) is 0 Å². The Bertz CT molecular complexity index is 642. The first-order chi connectivity index (χ1) is 9.61. The molecule has 1 saturated heterocycles. The number of likely N-dealkylation sites (tertiary alicyclic amines) is 1. The molecule has 1 fully saturated rings. The number of nitrogens with two attached hydrogens (primary N) is 1. The fourth-order valence-electron chi connectivity index (χ4n) is 2.44. The maximum Gasteiger partial charge on any atom is 0.223 e. The molecule has 1 aliphatic rings. The summed E-state index contributed by atoms with van der Waals surface area (Å²) in [5.41, 5.74) is 6.82. The number of carbonyl (C=O) groups is 1. The number of hydrogen-bond donors (Lipinski definition) is 1. The van der Waals surface area contributed by atoms with E-state index < -0.39 is 0 Å². The smallest absolute Gasteiger partial charge is 0.223 e. The fourth-order valence-corrected chi connectivity index (χ4v) is 3.74. The van der Waals surface area contributed by atoms with Crippen LogP contribution in [0.15, 0.2) is 22.7 Å². The number of benzene rings is 1. The Labute approximate surface area is 130 Å². The third-order valence-corrected chi connectivity index (χ3v) is 5.11. The van der Waals surface area contributed by atoms with E-state index in [1.165, 1.54) is 4.70 Å². The van der Waals surface area contributed by atoms with E-state index in [9.17, 15) is 4.79 Å². The first-order valence-electron chi connectivity index (χ1n) is 6.70. The number of nitrogens with zero attached hydrogens (tertiary/aromatic N) is 2. The van der Waals surface area contributed by atoms with Gasteiger partial charge in [-0.3, -0.25) is 4.79 Å². The van der Waals surface area contributed by atoms with Gasteiger partial charge in [0.05, 0.1) is 15.2 Å². The number of fused-ring (bicyclic) bond motifs is 1. The summed E-state index contributed by atoms with van der Waals surface area (Å²) in [6, 6.07) is 6.23. The van der Waals surface area contributed by atoms with Crippen molar-refractivity contribution in [2.24, 2.45) is 5.73 Å². The minimum Gasteiger partial charge on any atom is -0.341 e. The average molecular weight is 354 g/mol. The van der Waals surface area contributed by atoms with Crippen molar-refractivity contribution in [2.75, 3.05) is 13.1 Å². The van der Waals surface area contributed by atoms with Crippen molar-refractivity contribution in [3.05, 3.63) is 27.7 Å². The minimum atomic E-state index is 0.152. The third kappa shape index (κ3) is 3.02. The Balaban J connectivity index is 1.63. The third-order valence-electron chi connectivity index (χ3n) is 3.52. The van der Waals surface area contributed by atoms with Gasteiger partial charge in [-0.2, -0.15) is 0 Å². The standard InChI is InChI=1S/C14H16BrN3OS/c15-9-1-2-12-11(7-9)17-13(20-12)3-4-14(19)18-6-5-10(16)8-18/h1-2,7,10H,3-6,8,16H2/t10-/m1/s1. The van der Waals surface area contributed by atoms with E-state index in [0.717, 1.165) is 28.0 Å². The van der Waals surface area contributed by atoms with Crippen molar-refractivity contribution in [3.8, 4) is 0 Å². The minimum absolute atomic E-state index is 0.152. The molecule has 2 heterocycles. The zero-order valence-corrected chi connectivity index (χ0v) is 13.4. The summed E-state index contributed by atoms with van der Waals surface area (Å²) >= 11 is 5.11. The normalized spacial score (nSPS) is 18.9. The molecule has 3 rings (SSSR count). The first-order valence-corrected chi connectivity index (χ1v) is 8.31. The predicted molar refractivity (Wildman–Crippen MR) is 84.8 cm³/mol. The molecule has 0 spiro atoms. The Morgan fingerprint density at radius 3 is 3.15 bits per heavy atom. The highest BCUT2D eigenvalue weighted by Crippen LogP contribution is 2.26. The van der Waals surface area contributed by atoms with Crippen LogP contribution in [0.1, 0.15) is 17.8 Å². The maximum atomic E-state index is 12.1. The second kappa shape index (κ2) is 5.79. The van der Waals surface area contributed by atoms with Crippen LogP contribution in [0.5, 0.6) is 0 Å². The Morgan fingerprint density at radius 2 is 2.40 bits per heavy atom. The molecule has 1 amide bonds. The molecule has 0 aliphatic carbocycles. The number of thiazole rings is 1. The van der Waals surface area contributed by atoms with E-state index in [0.29, 0.717) is 19.4 Å². The zero-order chi connectivity index (χ0) is 14.1. The highest BCUT2D eigenvalue weighted by Gasteiger charge is 2.23. The number of carbonyl (C=O) groups excluding carboxylic acids is 1. The molecule has 0 unspecified atom stereocenters. The number of aryl methyl sites for hydroxylation is 1. The Kier molecular flexibility index (Phi) is 4.05. The Hall–Kier alpha value is -0.980. The van der Waals surface area contributed by atoms with E-state index in [-0.39, 0.29) is 11.9 Å². The number of hydrogen-bond acceptors (Lipinski definition) is 4. The van der Waals surface area contributed by atoms with Crippen LogP contribution in [0.25, 0.3) is 10.2 Å². The molecule has 0 bridgehead atoms. The molecule has 1 atom stereocenters. The van der Waals surface area contributed by atoms with Crippen molar-refractivity contribution in [3.63, 3.8) is 0 Å². The van der Waals surface area contributed by atoms with Crippen LogP contribution >= 0.6 is 27.3 Å².